The highest BCUT2D eigenvalue weighted by Gasteiger charge is 2.71. The molecule has 1 aliphatic heterocycles. The standard InChI is InChI=1S/C58H86N4O5/c1-38(2)44-22-29-58(31-30-56(9)45(49(44)58)20-21-47-55(8)27-24-48(63)54(6,7)46(55)23-28-57(47,56)10)51(65)60-33-25-39-13-11-15-42(35-39)50(64)61-36-40-16-18-43(19-17-40)59-32-26-41-14-12-34-62(37-41)52(66)67-53(3,4)5/h11,13,15-19,35,41,44-49,59,63H,1,12,14,20-34,36-37H2,2-10H3,(H,60,65)(H,61,64)/t41?,44-,45?,46?,47?,48-,49?,55-,56+,57+,58-/m0/s1. The van der Waals surface area contributed by atoms with Crippen molar-refractivity contribution in [2.75, 3.05) is 31.5 Å². The Kier molecular flexibility index (Phi) is 13.9. The number of rotatable bonds is 12. The number of hydrogen-bond acceptors (Lipinski definition) is 6. The first kappa shape index (κ1) is 49.6. The first-order valence-corrected chi connectivity index (χ1v) is 26.4. The topological polar surface area (TPSA) is 120 Å². The van der Waals surface area contributed by atoms with Crippen LogP contribution in [0.15, 0.2) is 60.7 Å². The fourth-order valence-electron chi connectivity index (χ4n) is 16.1. The van der Waals surface area contributed by atoms with Crippen LogP contribution in [0.3, 0.4) is 0 Å². The number of aliphatic hydroxyl groups excluding tert-OH is 1. The highest BCUT2D eigenvalue weighted by atomic mass is 16.6. The Hall–Kier alpha value is -3.85. The van der Waals surface area contributed by atoms with E-state index in [1.54, 1.807) is 0 Å². The molecule has 6 aliphatic rings. The number of anilines is 1. The monoisotopic (exact) mass is 919 g/mol. The number of hydrogen-bond donors (Lipinski definition) is 4. The van der Waals surface area contributed by atoms with Crippen molar-refractivity contribution in [2.45, 2.75) is 170 Å². The Morgan fingerprint density at radius 2 is 1.58 bits per heavy atom. The summed E-state index contributed by atoms with van der Waals surface area (Å²) >= 11 is 0. The molecule has 0 radical (unpaired) electrons. The molecule has 9 nitrogen and oxygen atoms in total. The average molecular weight is 919 g/mol. The van der Waals surface area contributed by atoms with E-state index in [0.717, 1.165) is 94.2 Å². The van der Waals surface area contributed by atoms with E-state index in [0.29, 0.717) is 60.6 Å². The van der Waals surface area contributed by atoms with E-state index in [1.165, 1.54) is 31.3 Å². The van der Waals surface area contributed by atoms with Crippen molar-refractivity contribution in [2.24, 2.45) is 62.6 Å². The molecule has 8 rings (SSSR count). The van der Waals surface area contributed by atoms with E-state index in [4.69, 9.17) is 4.74 Å². The van der Waals surface area contributed by atoms with Gasteiger partial charge in [0, 0.05) is 44.0 Å². The number of nitrogens with zero attached hydrogens (tertiary/aromatic N) is 1. The number of likely N-dealkylation sites (tertiary alicyclic amines) is 1. The number of fused-ring (bicyclic) bond motifs is 7. The van der Waals surface area contributed by atoms with Crippen LogP contribution >= 0.6 is 0 Å². The summed E-state index contributed by atoms with van der Waals surface area (Å²) in [5.41, 5.74) is 4.65. The molecule has 6 fully saturated rings. The predicted molar refractivity (Wildman–Crippen MR) is 269 cm³/mol. The molecule has 0 aromatic heterocycles. The minimum Gasteiger partial charge on any atom is -0.444 e. The van der Waals surface area contributed by atoms with Crippen LogP contribution in [0.2, 0.25) is 0 Å². The van der Waals surface area contributed by atoms with E-state index in [2.05, 4.69) is 82.3 Å². The van der Waals surface area contributed by atoms with Crippen LogP contribution in [-0.2, 0) is 22.5 Å². The molecule has 9 heteroatoms. The van der Waals surface area contributed by atoms with Crippen molar-refractivity contribution in [1.82, 2.24) is 15.5 Å². The maximum absolute atomic E-state index is 14.8. The maximum atomic E-state index is 14.8. The highest BCUT2D eigenvalue weighted by Crippen LogP contribution is 2.77. The molecule has 2 aromatic carbocycles. The molecule has 368 valence electrons. The number of carbonyl (C=O) groups is 3. The van der Waals surface area contributed by atoms with Gasteiger partial charge in [0.05, 0.1) is 11.5 Å². The van der Waals surface area contributed by atoms with Crippen molar-refractivity contribution < 1.29 is 24.2 Å². The van der Waals surface area contributed by atoms with Gasteiger partial charge in [-0.3, -0.25) is 9.59 Å². The average Bonchev–Trinajstić information content (AvgIpc) is 3.69. The maximum Gasteiger partial charge on any atom is 0.410 e. The molecular weight excluding hydrogens is 833 g/mol. The zero-order valence-corrected chi connectivity index (χ0v) is 42.8. The lowest BCUT2D eigenvalue weighted by molar-refractivity contribution is -0.246. The van der Waals surface area contributed by atoms with Crippen LogP contribution in [0, 0.1) is 62.6 Å². The first-order valence-electron chi connectivity index (χ1n) is 26.4. The van der Waals surface area contributed by atoms with E-state index in [-0.39, 0.29) is 51.1 Å². The summed E-state index contributed by atoms with van der Waals surface area (Å²) < 4.78 is 5.60. The quantitative estimate of drug-likeness (QED) is 0.157. The summed E-state index contributed by atoms with van der Waals surface area (Å²) in [6.07, 6.45) is 14.2. The fraction of sp³-hybridized carbons (Fsp3) is 0.707. The fourth-order valence-corrected chi connectivity index (χ4v) is 16.1. The minimum absolute atomic E-state index is 0.0585. The number of piperidine rings is 1. The zero-order chi connectivity index (χ0) is 48.2. The summed E-state index contributed by atoms with van der Waals surface area (Å²) in [7, 11) is 0. The molecule has 5 unspecified atom stereocenters. The molecule has 67 heavy (non-hydrogen) atoms. The van der Waals surface area contributed by atoms with E-state index in [9.17, 15) is 19.5 Å². The number of benzene rings is 2. The highest BCUT2D eigenvalue weighted by molar-refractivity contribution is 5.94. The van der Waals surface area contributed by atoms with Gasteiger partial charge in [0.1, 0.15) is 5.60 Å². The Bertz CT molecular complexity index is 2150. The number of aliphatic hydroxyl groups is 1. The van der Waals surface area contributed by atoms with E-state index >= 15 is 0 Å². The number of ether oxygens (including phenoxy) is 1. The lowest BCUT2D eigenvalue weighted by Crippen LogP contribution is -2.67. The van der Waals surface area contributed by atoms with Gasteiger partial charge in [0.2, 0.25) is 5.91 Å². The third-order valence-electron chi connectivity index (χ3n) is 19.8. The van der Waals surface area contributed by atoms with Crippen LogP contribution in [-0.4, -0.2) is 65.8 Å². The third kappa shape index (κ3) is 9.34. The SMILES string of the molecule is C=C(C)[C@@H]1CC[C@]2(C(=O)NCCc3cccc(C(=O)NCc4ccc(NCCC5CCCN(C(=O)OC(C)(C)C)C5)cc4)c3)CC[C@]3(C)C(CCC4[C@@]5(C)CC[C@H](O)C(C)(C)C5CC[C@]43C)C12. The Balaban J connectivity index is 0.833. The van der Waals surface area contributed by atoms with Crippen molar-refractivity contribution >= 4 is 23.6 Å². The molecule has 0 bridgehead atoms. The molecular formula is C58H86N4O5. The Labute approximate surface area is 403 Å². The third-order valence-corrected chi connectivity index (χ3v) is 19.8. The van der Waals surface area contributed by atoms with Gasteiger partial charge in [-0.05, 0) is 210 Å². The Morgan fingerprint density at radius 3 is 2.31 bits per heavy atom. The molecule has 4 N–H and O–H groups in total. The summed E-state index contributed by atoms with van der Waals surface area (Å²) in [6.45, 7) is 28.3. The van der Waals surface area contributed by atoms with Gasteiger partial charge in [-0.25, -0.2) is 4.79 Å². The van der Waals surface area contributed by atoms with Crippen molar-refractivity contribution in [3.8, 4) is 0 Å². The summed E-state index contributed by atoms with van der Waals surface area (Å²) in [5, 5.41) is 21.3. The molecule has 0 spiro atoms. The first-order chi connectivity index (χ1) is 31.6. The molecule has 3 amide bonds. The van der Waals surface area contributed by atoms with Crippen LogP contribution < -0.4 is 16.0 Å². The lowest BCUT2D eigenvalue weighted by atomic mass is 9.32. The van der Waals surface area contributed by atoms with Gasteiger partial charge >= 0.3 is 6.09 Å². The van der Waals surface area contributed by atoms with E-state index < -0.39 is 5.60 Å². The van der Waals surface area contributed by atoms with Gasteiger partial charge in [-0.2, -0.15) is 0 Å². The minimum atomic E-state index is -0.486. The number of amides is 3. The van der Waals surface area contributed by atoms with Crippen LogP contribution in [0.4, 0.5) is 10.5 Å². The van der Waals surface area contributed by atoms with E-state index in [1.807, 2.05) is 56.0 Å². The van der Waals surface area contributed by atoms with Gasteiger partial charge in [-0.1, -0.05) is 71.0 Å². The van der Waals surface area contributed by atoms with Gasteiger partial charge in [0.15, 0.2) is 0 Å². The van der Waals surface area contributed by atoms with Crippen LogP contribution in [0.25, 0.3) is 0 Å². The lowest BCUT2D eigenvalue weighted by Gasteiger charge is -2.72. The molecule has 2 aromatic rings. The van der Waals surface area contributed by atoms with Crippen molar-refractivity contribution in [3.63, 3.8) is 0 Å². The number of nitrogens with one attached hydrogen (secondary N) is 3. The molecule has 5 aliphatic carbocycles. The largest absolute Gasteiger partial charge is 0.444 e. The van der Waals surface area contributed by atoms with Crippen molar-refractivity contribution in [3.05, 3.63) is 77.4 Å². The molecule has 11 atom stereocenters. The zero-order valence-electron chi connectivity index (χ0n) is 42.8. The predicted octanol–water partition coefficient (Wildman–Crippen LogP) is 11.7. The van der Waals surface area contributed by atoms with Crippen LogP contribution in [0.5, 0.6) is 0 Å². The second kappa shape index (κ2) is 18.8. The second-order valence-electron chi connectivity index (χ2n) is 25.0. The summed E-state index contributed by atoms with van der Waals surface area (Å²) in [6, 6.07) is 16.0. The molecule has 1 saturated heterocycles. The number of carbonyl (C=O) groups excluding carboxylic acids is 3. The normalized spacial score (nSPS) is 35.5. The second-order valence-corrected chi connectivity index (χ2v) is 25.0. The van der Waals surface area contributed by atoms with Gasteiger partial charge in [0.25, 0.3) is 5.91 Å². The Morgan fingerprint density at radius 1 is 0.821 bits per heavy atom. The molecule has 5 saturated carbocycles. The summed E-state index contributed by atoms with van der Waals surface area (Å²) in [5.74, 6) is 2.91. The number of allylic oxidation sites excluding steroid dienone is 1. The smallest absolute Gasteiger partial charge is 0.410 e. The van der Waals surface area contributed by atoms with Crippen LogP contribution in [0.1, 0.15) is 167 Å². The van der Waals surface area contributed by atoms with Gasteiger partial charge < -0.3 is 30.7 Å². The van der Waals surface area contributed by atoms with Gasteiger partial charge in [-0.15, -0.1) is 0 Å². The summed E-state index contributed by atoms with van der Waals surface area (Å²) in [4.78, 5) is 42.6. The molecule has 1 heterocycles. The van der Waals surface area contributed by atoms with Crippen molar-refractivity contribution in [1.29, 1.82) is 0 Å².